The van der Waals surface area contributed by atoms with Gasteiger partial charge in [-0.15, -0.1) is 8.97 Å². The second-order valence-corrected chi connectivity index (χ2v) is 14.2. The number of rotatable bonds is 8. The van der Waals surface area contributed by atoms with Gasteiger partial charge < -0.3 is 14.6 Å². The number of benzene rings is 2. The quantitative estimate of drug-likeness (QED) is 0.276. The number of hydrogen-bond acceptors (Lipinski definition) is 7. The summed E-state index contributed by atoms with van der Waals surface area (Å²) in [4.78, 5) is 58.7. The zero-order valence-corrected chi connectivity index (χ0v) is 28.6. The zero-order valence-electron chi connectivity index (χ0n) is 28.6. The number of allylic oxidation sites excluding steroid dienone is 8. The van der Waals surface area contributed by atoms with Crippen LogP contribution >= 0.6 is 0 Å². The van der Waals surface area contributed by atoms with Gasteiger partial charge in [0.2, 0.25) is 0 Å². The van der Waals surface area contributed by atoms with Crippen molar-refractivity contribution in [3.63, 3.8) is 0 Å². The minimum atomic E-state index is -1.58. The Morgan fingerprint density at radius 2 is 1.26 bits per heavy atom. The molecule has 2 aromatic carbocycles. The van der Waals surface area contributed by atoms with Crippen molar-refractivity contribution in [2.24, 2.45) is 5.92 Å². The van der Waals surface area contributed by atoms with Crippen LogP contribution in [0.5, 0.6) is 0 Å². The lowest BCUT2D eigenvalue weighted by molar-refractivity contribution is -0.140. The van der Waals surface area contributed by atoms with Crippen molar-refractivity contribution in [2.45, 2.75) is 43.7 Å². The van der Waals surface area contributed by atoms with Crippen LogP contribution in [0.1, 0.15) is 30.4 Å². The molecule has 13 heteroatoms. The SMILES string of the molecule is O=C(O)N1CCC[C@H]1C(=O)[N+]1(c2nnc([N+]3(C(=O)[C@]4(Cc5ccccc5)C(Cc5ccccc5)CCN4C(=O)O)C4=CC=C3C=C4)o2)C2=CC=C1C=C2. The molecular weight excluding hydrogens is 676 g/mol. The van der Waals surface area contributed by atoms with Crippen molar-refractivity contribution in [3.05, 3.63) is 143 Å². The highest BCUT2D eigenvalue weighted by molar-refractivity contribution is 6.05. The van der Waals surface area contributed by atoms with Crippen LogP contribution in [0.25, 0.3) is 0 Å². The van der Waals surface area contributed by atoms with Crippen molar-refractivity contribution in [2.75, 3.05) is 13.1 Å². The third-order valence-corrected chi connectivity index (χ3v) is 11.7. The Labute approximate surface area is 304 Å². The summed E-state index contributed by atoms with van der Waals surface area (Å²) in [6, 6.07) is 18.0. The molecule has 4 amide bonds. The maximum absolute atomic E-state index is 16.1. The molecule has 7 heterocycles. The van der Waals surface area contributed by atoms with E-state index in [1.807, 2.05) is 60.7 Å². The van der Waals surface area contributed by atoms with Crippen LogP contribution in [-0.2, 0) is 22.4 Å². The third kappa shape index (κ3) is 4.44. The van der Waals surface area contributed by atoms with E-state index in [1.165, 1.54) is 4.90 Å². The molecule has 9 rings (SSSR count). The Hall–Kier alpha value is -6.18. The zero-order chi connectivity index (χ0) is 36.5. The van der Waals surface area contributed by atoms with Gasteiger partial charge in [0.25, 0.3) is 0 Å². The van der Waals surface area contributed by atoms with E-state index in [-0.39, 0.29) is 31.5 Å². The summed E-state index contributed by atoms with van der Waals surface area (Å²) in [5.41, 5.74) is 2.25. The molecule has 2 saturated heterocycles. The predicted octanol–water partition coefficient (Wildman–Crippen LogP) is 5.81. The second-order valence-electron chi connectivity index (χ2n) is 14.2. The van der Waals surface area contributed by atoms with Gasteiger partial charge in [0.05, 0.1) is 0 Å². The monoisotopic (exact) mass is 712 g/mol. The summed E-state index contributed by atoms with van der Waals surface area (Å²) in [6.45, 7) is 0.374. The third-order valence-electron chi connectivity index (χ3n) is 11.7. The largest absolute Gasteiger partial charge is 0.465 e. The highest BCUT2D eigenvalue weighted by Crippen LogP contribution is 2.53. The number of hydrogen-bond donors (Lipinski definition) is 2. The van der Waals surface area contributed by atoms with Gasteiger partial charge in [-0.1, -0.05) is 60.7 Å². The smallest absolute Gasteiger partial charge is 0.447 e. The van der Waals surface area contributed by atoms with Crippen molar-refractivity contribution < 1.29 is 33.8 Å². The van der Waals surface area contributed by atoms with E-state index in [9.17, 15) is 24.6 Å². The van der Waals surface area contributed by atoms with Crippen LogP contribution in [-0.4, -0.2) is 78.9 Å². The number of carbonyl (C=O) groups is 4. The summed E-state index contributed by atoms with van der Waals surface area (Å²) in [5.74, 6) is -1.33. The van der Waals surface area contributed by atoms with Gasteiger partial charge in [-0.05, 0) is 47.0 Å². The number of carbonyl (C=O) groups excluding carboxylic acids is 2. The number of likely N-dealkylation sites (tertiary alicyclic amines) is 2. The first-order chi connectivity index (χ1) is 25.7. The molecule has 0 radical (unpaired) electrons. The summed E-state index contributed by atoms with van der Waals surface area (Å²) in [5, 5.41) is 29.8. The van der Waals surface area contributed by atoms with E-state index < -0.39 is 50.5 Å². The normalized spacial score (nSPS) is 25.4. The number of fused-ring (bicyclic) bond motifs is 4. The van der Waals surface area contributed by atoms with Crippen LogP contribution in [0, 0.1) is 5.92 Å². The molecule has 0 aliphatic carbocycles. The summed E-state index contributed by atoms with van der Waals surface area (Å²) < 4.78 is 5.37. The standard InChI is InChI=1S/C40H34N6O7/c47-34(33-12-7-22-43(33)38(49)50)45(29-13-14-30(45)16-15-29)36-41-42-37(53-36)46(31-17-18-32(46)20-19-31)35(48)40(25-27-10-5-2-6-11-27)28(21-23-44(40)39(51)52)24-26-8-3-1-4-9-26/h1-6,8-11,13-20,28,33H,7,12,21-25H2/p+2/t28?,33-,40-/m0/s1. The van der Waals surface area contributed by atoms with Gasteiger partial charge in [-0.25, -0.2) is 19.2 Å². The second kappa shape index (κ2) is 11.9. The average Bonchev–Trinajstić information content (AvgIpc) is 4.04. The molecule has 1 aromatic heterocycles. The first kappa shape index (κ1) is 32.7. The average molecular weight is 713 g/mol. The lowest BCUT2D eigenvalue weighted by atomic mass is 9.75. The van der Waals surface area contributed by atoms with Crippen molar-refractivity contribution >= 4 is 36.0 Å². The Balaban J connectivity index is 1.21. The van der Waals surface area contributed by atoms with E-state index in [1.54, 1.807) is 48.6 Å². The number of amides is 4. The summed E-state index contributed by atoms with van der Waals surface area (Å²) in [6.07, 6.45) is 13.7. The molecule has 3 aromatic rings. The molecule has 6 aliphatic rings. The number of nitrogens with zero attached hydrogens (tertiary/aromatic N) is 6. The van der Waals surface area contributed by atoms with Crippen LogP contribution in [0.4, 0.5) is 21.6 Å². The van der Waals surface area contributed by atoms with Crippen molar-refractivity contribution in [1.29, 1.82) is 0 Å². The molecule has 266 valence electrons. The lowest BCUT2D eigenvalue weighted by Crippen LogP contribution is -2.68. The molecule has 4 bridgehead atoms. The van der Waals surface area contributed by atoms with Crippen LogP contribution in [0.2, 0.25) is 0 Å². The fourth-order valence-electron chi connectivity index (χ4n) is 9.35. The van der Waals surface area contributed by atoms with E-state index in [0.717, 1.165) is 16.0 Å². The first-order valence-corrected chi connectivity index (χ1v) is 17.7. The fourth-order valence-corrected chi connectivity index (χ4v) is 9.35. The molecule has 1 unspecified atom stereocenters. The van der Waals surface area contributed by atoms with Gasteiger partial charge in [-0.3, -0.25) is 9.80 Å². The molecule has 2 N–H and O–H groups in total. The molecule has 13 nitrogen and oxygen atoms in total. The lowest BCUT2D eigenvalue weighted by Gasteiger charge is -2.42. The number of carboxylic acid groups (broad SMARTS) is 2. The molecular formula is C40H36N6O7+2. The van der Waals surface area contributed by atoms with Gasteiger partial charge in [0.1, 0.15) is 0 Å². The molecule has 2 fully saturated rings. The summed E-state index contributed by atoms with van der Waals surface area (Å²) in [7, 11) is 0. The fraction of sp³-hybridized carbons (Fsp3) is 0.250. The molecule has 53 heavy (non-hydrogen) atoms. The Morgan fingerprint density at radius 3 is 1.81 bits per heavy atom. The van der Waals surface area contributed by atoms with Gasteiger partial charge in [0, 0.05) is 74.0 Å². The highest BCUT2D eigenvalue weighted by atomic mass is 16.4. The molecule has 6 aliphatic heterocycles. The number of quaternary nitrogens is 2. The maximum Gasteiger partial charge on any atom is 0.447 e. The van der Waals surface area contributed by atoms with Crippen LogP contribution in [0.15, 0.2) is 136 Å². The van der Waals surface area contributed by atoms with E-state index in [0.29, 0.717) is 48.5 Å². The van der Waals surface area contributed by atoms with E-state index in [2.05, 4.69) is 10.2 Å². The van der Waals surface area contributed by atoms with Crippen LogP contribution < -0.4 is 8.97 Å². The van der Waals surface area contributed by atoms with E-state index in [4.69, 9.17) is 4.42 Å². The molecule has 0 saturated carbocycles. The predicted molar refractivity (Wildman–Crippen MR) is 192 cm³/mol. The van der Waals surface area contributed by atoms with Crippen LogP contribution in [0.3, 0.4) is 0 Å². The maximum atomic E-state index is 16.1. The Kier molecular flexibility index (Phi) is 7.37. The molecule has 0 spiro atoms. The number of aromatic nitrogens is 2. The Morgan fingerprint density at radius 1 is 0.717 bits per heavy atom. The first-order valence-electron chi connectivity index (χ1n) is 17.7. The summed E-state index contributed by atoms with van der Waals surface area (Å²) >= 11 is 0. The highest BCUT2D eigenvalue weighted by Gasteiger charge is 2.70. The van der Waals surface area contributed by atoms with Gasteiger partial charge in [0.15, 0.2) is 34.4 Å². The minimum absolute atomic E-state index is 0.104. The van der Waals surface area contributed by atoms with Gasteiger partial charge >= 0.3 is 36.0 Å². The van der Waals surface area contributed by atoms with Gasteiger partial charge in [-0.2, -0.15) is 0 Å². The van der Waals surface area contributed by atoms with Crippen molar-refractivity contribution in [1.82, 2.24) is 29.0 Å². The van der Waals surface area contributed by atoms with E-state index >= 15 is 4.79 Å². The Bertz CT molecular complexity index is 2220. The van der Waals surface area contributed by atoms with Crippen molar-refractivity contribution in [3.8, 4) is 0 Å². The topological polar surface area (TPSA) is 154 Å². The minimum Gasteiger partial charge on any atom is -0.465 e. The molecule has 3 atom stereocenters.